The second-order valence-corrected chi connectivity index (χ2v) is 8.01. The van der Waals surface area contributed by atoms with Gasteiger partial charge in [0, 0.05) is 27.2 Å². The highest BCUT2D eigenvalue weighted by Gasteiger charge is 2.32. The Morgan fingerprint density at radius 3 is 2.29 bits per heavy atom. The number of aromatic nitrogens is 2. The molecule has 2 heterocycles. The van der Waals surface area contributed by atoms with Crippen LogP contribution in [0.15, 0.2) is 27.9 Å². The SMILES string of the molecule is Cn1c(=O)n(C)c2cc(S(=O)(=O)N3CCC(C(=O)O)CC3)ccc21. The van der Waals surface area contributed by atoms with Gasteiger partial charge in [-0.3, -0.25) is 13.9 Å². The molecule has 1 aliphatic rings. The Morgan fingerprint density at radius 2 is 1.71 bits per heavy atom. The van der Waals surface area contributed by atoms with Crippen molar-refractivity contribution in [2.24, 2.45) is 20.0 Å². The number of aryl methyl sites for hydroxylation is 2. The number of fused-ring (bicyclic) bond motifs is 1. The van der Waals surface area contributed by atoms with Crippen molar-refractivity contribution in [2.45, 2.75) is 17.7 Å². The topological polar surface area (TPSA) is 102 Å². The molecule has 1 aromatic carbocycles. The molecule has 0 atom stereocenters. The first-order chi connectivity index (χ1) is 11.2. The lowest BCUT2D eigenvalue weighted by Crippen LogP contribution is -2.40. The number of carboxylic acids is 1. The van der Waals surface area contributed by atoms with Crippen molar-refractivity contribution in [3.05, 3.63) is 28.7 Å². The van der Waals surface area contributed by atoms with Crippen LogP contribution >= 0.6 is 0 Å². The fraction of sp³-hybridized carbons (Fsp3) is 0.467. The first-order valence-electron chi connectivity index (χ1n) is 7.62. The quantitative estimate of drug-likeness (QED) is 0.859. The summed E-state index contributed by atoms with van der Waals surface area (Å²) in [6.45, 7) is 0.371. The number of aliphatic carboxylic acids is 1. The minimum Gasteiger partial charge on any atom is -0.481 e. The van der Waals surface area contributed by atoms with Crippen LogP contribution in [0.1, 0.15) is 12.8 Å². The summed E-state index contributed by atoms with van der Waals surface area (Å²) in [6.07, 6.45) is 0.612. The van der Waals surface area contributed by atoms with Crippen molar-refractivity contribution < 1.29 is 18.3 Å². The molecule has 2 aromatic rings. The minimum atomic E-state index is -3.71. The zero-order chi connectivity index (χ0) is 17.6. The van der Waals surface area contributed by atoms with Gasteiger partial charge in [-0.25, -0.2) is 13.2 Å². The Hall–Kier alpha value is -2.13. The van der Waals surface area contributed by atoms with Crippen LogP contribution in [0.25, 0.3) is 11.0 Å². The molecular weight excluding hydrogens is 334 g/mol. The minimum absolute atomic E-state index is 0.116. The van der Waals surface area contributed by atoms with E-state index < -0.39 is 21.9 Å². The van der Waals surface area contributed by atoms with Crippen molar-refractivity contribution >= 4 is 27.0 Å². The number of piperidine rings is 1. The maximum absolute atomic E-state index is 12.8. The zero-order valence-electron chi connectivity index (χ0n) is 13.5. The molecule has 1 aliphatic heterocycles. The van der Waals surface area contributed by atoms with Crippen molar-refractivity contribution in [1.29, 1.82) is 0 Å². The maximum Gasteiger partial charge on any atom is 0.328 e. The summed E-state index contributed by atoms with van der Waals surface area (Å²) in [5, 5.41) is 9.02. The lowest BCUT2D eigenvalue weighted by Gasteiger charge is -2.29. The summed E-state index contributed by atoms with van der Waals surface area (Å²) < 4.78 is 29.8. The monoisotopic (exact) mass is 353 g/mol. The highest BCUT2D eigenvalue weighted by molar-refractivity contribution is 7.89. The highest BCUT2D eigenvalue weighted by Crippen LogP contribution is 2.25. The standard InChI is InChI=1S/C15H19N3O5S/c1-16-12-4-3-11(9-13(12)17(2)15(16)21)24(22,23)18-7-5-10(6-8-18)14(19)20/h3-4,9-10H,5-8H2,1-2H3,(H,19,20). The second kappa shape index (κ2) is 5.75. The third-order valence-electron chi connectivity index (χ3n) is 4.68. The van der Waals surface area contributed by atoms with Gasteiger partial charge in [-0.15, -0.1) is 0 Å². The van der Waals surface area contributed by atoms with Crippen LogP contribution in [0, 0.1) is 5.92 Å². The van der Waals surface area contributed by atoms with E-state index in [0.29, 0.717) is 23.9 Å². The molecule has 8 nitrogen and oxygen atoms in total. The van der Waals surface area contributed by atoms with Crippen molar-refractivity contribution in [1.82, 2.24) is 13.4 Å². The number of hydrogen-bond acceptors (Lipinski definition) is 4. The van der Waals surface area contributed by atoms with E-state index >= 15 is 0 Å². The van der Waals surface area contributed by atoms with Gasteiger partial charge < -0.3 is 5.11 Å². The lowest BCUT2D eigenvalue weighted by molar-refractivity contribution is -0.142. The summed E-state index contributed by atoms with van der Waals surface area (Å²) >= 11 is 0. The molecule has 1 aromatic heterocycles. The Bertz CT molecular complexity index is 965. The van der Waals surface area contributed by atoms with E-state index in [1.54, 1.807) is 20.2 Å². The number of carboxylic acid groups (broad SMARTS) is 1. The van der Waals surface area contributed by atoms with Crippen LogP contribution in [-0.2, 0) is 28.9 Å². The molecule has 1 fully saturated rings. The third kappa shape index (κ3) is 2.53. The van der Waals surface area contributed by atoms with E-state index in [9.17, 15) is 18.0 Å². The van der Waals surface area contributed by atoms with Crippen LogP contribution in [0.5, 0.6) is 0 Å². The highest BCUT2D eigenvalue weighted by atomic mass is 32.2. The number of sulfonamides is 1. The van der Waals surface area contributed by atoms with Gasteiger partial charge in [0.25, 0.3) is 0 Å². The first kappa shape index (κ1) is 16.7. The number of rotatable bonds is 3. The van der Waals surface area contributed by atoms with E-state index in [0.717, 1.165) is 0 Å². The summed E-state index contributed by atoms with van der Waals surface area (Å²) in [4.78, 5) is 23.1. The van der Waals surface area contributed by atoms with Gasteiger partial charge in [-0.2, -0.15) is 4.31 Å². The van der Waals surface area contributed by atoms with Gasteiger partial charge in [-0.05, 0) is 31.0 Å². The van der Waals surface area contributed by atoms with Crippen LogP contribution in [0.4, 0.5) is 0 Å². The van der Waals surface area contributed by atoms with Gasteiger partial charge in [0.2, 0.25) is 10.0 Å². The third-order valence-corrected chi connectivity index (χ3v) is 6.58. The molecule has 24 heavy (non-hydrogen) atoms. The van der Waals surface area contributed by atoms with E-state index in [1.165, 1.54) is 25.6 Å². The summed E-state index contributed by atoms with van der Waals surface area (Å²) in [5.41, 5.74) is 0.983. The van der Waals surface area contributed by atoms with Gasteiger partial charge in [-0.1, -0.05) is 0 Å². The molecule has 0 aliphatic carbocycles. The van der Waals surface area contributed by atoms with E-state index in [1.807, 2.05) is 0 Å². The molecule has 0 spiro atoms. The molecule has 0 radical (unpaired) electrons. The molecular formula is C15H19N3O5S. The molecule has 130 valence electrons. The maximum atomic E-state index is 12.8. The summed E-state index contributed by atoms with van der Waals surface area (Å²) in [6, 6.07) is 4.60. The van der Waals surface area contributed by atoms with E-state index in [2.05, 4.69) is 0 Å². The number of hydrogen-bond donors (Lipinski definition) is 1. The number of benzene rings is 1. The van der Waals surface area contributed by atoms with Crippen molar-refractivity contribution in [2.75, 3.05) is 13.1 Å². The van der Waals surface area contributed by atoms with Crippen LogP contribution in [0.2, 0.25) is 0 Å². The smallest absolute Gasteiger partial charge is 0.328 e. The summed E-state index contributed by atoms with van der Waals surface area (Å²) in [5.74, 6) is -1.37. The molecule has 1 saturated heterocycles. The molecule has 1 N–H and O–H groups in total. The van der Waals surface area contributed by atoms with Crippen molar-refractivity contribution in [3.8, 4) is 0 Å². The Balaban J connectivity index is 1.96. The normalized spacial score (nSPS) is 17.4. The average molecular weight is 353 g/mol. The van der Waals surface area contributed by atoms with Crippen LogP contribution in [0.3, 0.4) is 0 Å². The fourth-order valence-corrected chi connectivity index (χ4v) is 4.63. The van der Waals surface area contributed by atoms with Gasteiger partial charge >= 0.3 is 11.7 Å². The Kier molecular flexibility index (Phi) is 4.00. The first-order valence-corrected chi connectivity index (χ1v) is 9.06. The Morgan fingerprint density at radius 1 is 1.12 bits per heavy atom. The zero-order valence-corrected chi connectivity index (χ0v) is 14.3. The number of nitrogens with zero attached hydrogens (tertiary/aromatic N) is 3. The van der Waals surface area contributed by atoms with Gasteiger partial charge in [0.15, 0.2) is 0 Å². The van der Waals surface area contributed by atoms with E-state index in [4.69, 9.17) is 5.11 Å². The lowest BCUT2D eigenvalue weighted by atomic mass is 9.99. The van der Waals surface area contributed by atoms with Crippen molar-refractivity contribution in [3.63, 3.8) is 0 Å². The predicted molar refractivity (Wildman–Crippen MR) is 87.3 cm³/mol. The Labute approximate surface area is 139 Å². The molecule has 9 heteroatoms. The van der Waals surface area contributed by atoms with Gasteiger partial charge in [0.1, 0.15) is 0 Å². The van der Waals surface area contributed by atoms with Gasteiger partial charge in [0.05, 0.1) is 21.8 Å². The number of imidazole rings is 1. The molecule has 0 bridgehead atoms. The molecule has 0 amide bonds. The van der Waals surface area contributed by atoms with E-state index in [-0.39, 0.29) is 23.7 Å². The fourth-order valence-electron chi connectivity index (χ4n) is 3.14. The largest absolute Gasteiger partial charge is 0.481 e. The summed E-state index contributed by atoms with van der Waals surface area (Å²) in [7, 11) is -0.476. The predicted octanol–water partition coefficient (Wildman–Crippen LogP) is 0.362. The number of carbonyl (C=O) groups is 1. The molecule has 0 saturated carbocycles. The average Bonchev–Trinajstić information content (AvgIpc) is 2.79. The molecule has 0 unspecified atom stereocenters. The van der Waals surface area contributed by atoms with Crippen LogP contribution < -0.4 is 5.69 Å². The second-order valence-electron chi connectivity index (χ2n) is 6.07. The molecule has 3 rings (SSSR count). The van der Waals surface area contributed by atoms with Crippen LogP contribution in [-0.4, -0.2) is 46.0 Å².